The summed E-state index contributed by atoms with van der Waals surface area (Å²) in [5, 5.41) is 0. The highest BCUT2D eigenvalue weighted by Crippen LogP contribution is 2.36. The molecular formula is C17H36N2. The van der Waals surface area contributed by atoms with E-state index in [0.29, 0.717) is 5.54 Å². The van der Waals surface area contributed by atoms with Crippen molar-refractivity contribution < 1.29 is 0 Å². The fraction of sp³-hybridized carbons (Fsp3) is 1.00. The number of hydrogen-bond donors (Lipinski definition) is 1. The predicted octanol–water partition coefficient (Wildman–Crippen LogP) is 4.19. The van der Waals surface area contributed by atoms with Gasteiger partial charge in [0, 0.05) is 12.1 Å². The summed E-state index contributed by atoms with van der Waals surface area (Å²) in [4.78, 5) is 2.75. The van der Waals surface area contributed by atoms with Crippen LogP contribution in [0.25, 0.3) is 0 Å². The van der Waals surface area contributed by atoms with Crippen molar-refractivity contribution in [3.8, 4) is 0 Å². The zero-order valence-corrected chi connectivity index (χ0v) is 13.6. The third kappa shape index (κ3) is 5.07. The monoisotopic (exact) mass is 268 g/mol. The van der Waals surface area contributed by atoms with Crippen molar-refractivity contribution in [1.82, 2.24) is 4.90 Å². The third-order valence-electron chi connectivity index (χ3n) is 4.89. The Bertz CT molecular complexity index is 229. The van der Waals surface area contributed by atoms with Crippen LogP contribution in [0.4, 0.5) is 0 Å². The molecule has 0 radical (unpaired) electrons. The van der Waals surface area contributed by atoms with Crippen LogP contribution in [0, 0.1) is 5.92 Å². The van der Waals surface area contributed by atoms with Gasteiger partial charge in [0.2, 0.25) is 0 Å². The van der Waals surface area contributed by atoms with Gasteiger partial charge in [-0.05, 0) is 44.7 Å². The Morgan fingerprint density at radius 3 is 2.47 bits per heavy atom. The van der Waals surface area contributed by atoms with Crippen LogP contribution in [0.15, 0.2) is 0 Å². The van der Waals surface area contributed by atoms with Gasteiger partial charge < -0.3 is 5.73 Å². The minimum atomic E-state index is 0.319. The summed E-state index contributed by atoms with van der Waals surface area (Å²) >= 11 is 0. The van der Waals surface area contributed by atoms with Crippen molar-refractivity contribution in [3.05, 3.63) is 0 Å². The first-order chi connectivity index (χ1) is 9.18. The highest BCUT2D eigenvalue weighted by Gasteiger charge is 2.38. The fourth-order valence-electron chi connectivity index (χ4n) is 3.82. The van der Waals surface area contributed by atoms with E-state index in [1.807, 2.05) is 0 Å². The maximum absolute atomic E-state index is 6.22. The third-order valence-corrected chi connectivity index (χ3v) is 4.89. The highest BCUT2D eigenvalue weighted by atomic mass is 15.2. The first kappa shape index (κ1) is 17.0. The highest BCUT2D eigenvalue weighted by molar-refractivity contribution is 4.95. The van der Waals surface area contributed by atoms with E-state index in [0.717, 1.165) is 12.5 Å². The zero-order chi connectivity index (χ0) is 14.1. The Hall–Kier alpha value is -0.0800. The lowest BCUT2D eigenvalue weighted by atomic mass is 9.75. The zero-order valence-electron chi connectivity index (χ0n) is 13.6. The maximum Gasteiger partial charge on any atom is 0.0334 e. The SMILES string of the molecule is CCCCCCN(CCC)C1(CN)CCCC(C)C1. The summed E-state index contributed by atoms with van der Waals surface area (Å²) in [6, 6.07) is 0. The molecule has 0 aromatic carbocycles. The molecule has 0 spiro atoms. The van der Waals surface area contributed by atoms with Gasteiger partial charge in [0.1, 0.15) is 0 Å². The van der Waals surface area contributed by atoms with Gasteiger partial charge >= 0.3 is 0 Å². The molecule has 2 atom stereocenters. The van der Waals surface area contributed by atoms with Gasteiger partial charge in [-0.25, -0.2) is 0 Å². The number of rotatable bonds is 9. The van der Waals surface area contributed by atoms with Crippen LogP contribution >= 0.6 is 0 Å². The van der Waals surface area contributed by atoms with Gasteiger partial charge in [-0.3, -0.25) is 4.90 Å². The van der Waals surface area contributed by atoms with E-state index in [9.17, 15) is 0 Å². The quantitative estimate of drug-likeness (QED) is 0.635. The van der Waals surface area contributed by atoms with Gasteiger partial charge in [-0.15, -0.1) is 0 Å². The minimum Gasteiger partial charge on any atom is -0.329 e. The van der Waals surface area contributed by atoms with Crippen molar-refractivity contribution in [2.75, 3.05) is 19.6 Å². The molecule has 0 aromatic heterocycles. The second kappa shape index (κ2) is 8.97. The van der Waals surface area contributed by atoms with Crippen LogP contribution in [-0.4, -0.2) is 30.1 Å². The molecule has 1 aliphatic carbocycles. The lowest BCUT2D eigenvalue weighted by Crippen LogP contribution is -2.56. The Kier molecular flexibility index (Phi) is 8.01. The van der Waals surface area contributed by atoms with E-state index in [2.05, 4.69) is 25.7 Å². The van der Waals surface area contributed by atoms with Gasteiger partial charge in [0.05, 0.1) is 0 Å². The molecule has 1 saturated carbocycles. The molecule has 0 bridgehead atoms. The Balaban J connectivity index is 2.59. The second-order valence-corrected chi connectivity index (χ2v) is 6.68. The average Bonchev–Trinajstić information content (AvgIpc) is 2.42. The summed E-state index contributed by atoms with van der Waals surface area (Å²) in [7, 11) is 0. The largest absolute Gasteiger partial charge is 0.329 e. The van der Waals surface area contributed by atoms with Gasteiger partial charge in [0.15, 0.2) is 0 Å². The Labute approximate surface area is 121 Å². The van der Waals surface area contributed by atoms with Crippen molar-refractivity contribution >= 4 is 0 Å². The van der Waals surface area contributed by atoms with Crippen molar-refractivity contribution in [3.63, 3.8) is 0 Å². The van der Waals surface area contributed by atoms with Crippen molar-refractivity contribution in [1.29, 1.82) is 0 Å². The average molecular weight is 268 g/mol. The topological polar surface area (TPSA) is 29.3 Å². The van der Waals surface area contributed by atoms with Crippen molar-refractivity contribution in [2.24, 2.45) is 11.7 Å². The number of hydrogen-bond acceptors (Lipinski definition) is 2. The molecule has 2 unspecified atom stereocenters. The Morgan fingerprint density at radius 1 is 1.11 bits per heavy atom. The molecular weight excluding hydrogens is 232 g/mol. The minimum absolute atomic E-state index is 0.319. The standard InChI is InChI=1S/C17H36N2/c1-4-6-7-8-13-19(12-5-2)17(15-18)11-9-10-16(3)14-17/h16H,4-15,18H2,1-3H3. The normalized spacial score (nSPS) is 27.9. The van der Waals surface area contributed by atoms with Crippen molar-refractivity contribution in [2.45, 2.75) is 84.1 Å². The van der Waals surface area contributed by atoms with Crippen LogP contribution in [0.2, 0.25) is 0 Å². The molecule has 0 amide bonds. The predicted molar refractivity (Wildman–Crippen MR) is 85.4 cm³/mol. The molecule has 114 valence electrons. The van der Waals surface area contributed by atoms with E-state index in [1.54, 1.807) is 0 Å². The summed E-state index contributed by atoms with van der Waals surface area (Å²) in [5.41, 5.74) is 6.54. The fourth-order valence-corrected chi connectivity index (χ4v) is 3.82. The summed E-state index contributed by atoms with van der Waals surface area (Å²) in [5.74, 6) is 0.854. The van der Waals surface area contributed by atoms with E-state index < -0.39 is 0 Å². The number of unbranched alkanes of at least 4 members (excludes halogenated alkanes) is 3. The smallest absolute Gasteiger partial charge is 0.0334 e. The van der Waals surface area contributed by atoms with Gasteiger partial charge in [-0.1, -0.05) is 52.9 Å². The second-order valence-electron chi connectivity index (χ2n) is 6.68. The molecule has 0 aromatic rings. The van der Waals surface area contributed by atoms with Crippen LogP contribution in [0.1, 0.15) is 78.6 Å². The molecule has 19 heavy (non-hydrogen) atoms. The molecule has 2 N–H and O–H groups in total. The van der Waals surface area contributed by atoms with E-state index >= 15 is 0 Å². The summed E-state index contributed by atoms with van der Waals surface area (Å²) in [6.07, 6.45) is 12.1. The van der Waals surface area contributed by atoms with Gasteiger partial charge in [0.25, 0.3) is 0 Å². The van der Waals surface area contributed by atoms with E-state index in [4.69, 9.17) is 5.73 Å². The Morgan fingerprint density at radius 2 is 1.89 bits per heavy atom. The molecule has 0 aliphatic heterocycles. The van der Waals surface area contributed by atoms with E-state index in [1.165, 1.54) is 70.9 Å². The van der Waals surface area contributed by atoms with Crippen LogP contribution in [-0.2, 0) is 0 Å². The van der Waals surface area contributed by atoms with Crippen LogP contribution in [0.3, 0.4) is 0 Å². The van der Waals surface area contributed by atoms with Crippen LogP contribution in [0.5, 0.6) is 0 Å². The summed E-state index contributed by atoms with van der Waals surface area (Å²) in [6.45, 7) is 10.3. The first-order valence-corrected chi connectivity index (χ1v) is 8.63. The molecule has 0 saturated heterocycles. The van der Waals surface area contributed by atoms with Crippen LogP contribution < -0.4 is 5.73 Å². The number of nitrogens with zero attached hydrogens (tertiary/aromatic N) is 1. The molecule has 1 rings (SSSR count). The maximum atomic E-state index is 6.22. The number of nitrogens with two attached hydrogens (primary N) is 1. The lowest BCUT2D eigenvalue weighted by molar-refractivity contribution is 0.0374. The first-order valence-electron chi connectivity index (χ1n) is 8.63. The molecule has 1 aliphatic rings. The summed E-state index contributed by atoms with van der Waals surface area (Å²) < 4.78 is 0. The van der Waals surface area contributed by atoms with E-state index in [-0.39, 0.29) is 0 Å². The molecule has 2 nitrogen and oxygen atoms in total. The molecule has 2 heteroatoms. The lowest BCUT2D eigenvalue weighted by Gasteiger charge is -2.48. The molecule has 1 fully saturated rings. The van der Waals surface area contributed by atoms with Gasteiger partial charge in [-0.2, -0.15) is 0 Å². The molecule has 0 heterocycles.